The van der Waals surface area contributed by atoms with Gasteiger partial charge < -0.3 is 14.2 Å². The summed E-state index contributed by atoms with van der Waals surface area (Å²) in [5.41, 5.74) is 3.11. The zero-order valence-electron chi connectivity index (χ0n) is 13.6. The van der Waals surface area contributed by atoms with Gasteiger partial charge in [0.25, 0.3) is 5.91 Å². The summed E-state index contributed by atoms with van der Waals surface area (Å²) in [6.07, 6.45) is 0. The summed E-state index contributed by atoms with van der Waals surface area (Å²) < 4.78 is 10.7. The normalized spacial score (nSPS) is 11.1. The lowest BCUT2D eigenvalue weighted by molar-refractivity contribution is 0.102. The first-order valence-electron chi connectivity index (χ1n) is 7.73. The molecule has 124 valence electrons. The van der Waals surface area contributed by atoms with E-state index >= 15 is 0 Å². The van der Waals surface area contributed by atoms with Gasteiger partial charge in [-0.3, -0.25) is 4.79 Å². The van der Waals surface area contributed by atoms with E-state index in [1.165, 1.54) is 6.07 Å². The van der Waals surface area contributed by atoms with Crippen molar-refractivity contribution in [2.24, 2.45) is 0 Å². The van der Waals surface area contributed by atoms with Gasteiger partial charge in [-0.15, -0.1) is 0 Å². The Morgan fingerprint density at radius 2 is 1.84 bits per heavy atom. The maximum atomic E-state index is 12.5. The highest BCUT2D eigenvalue weighted by Crippen LogP contribution is 2.22. The molecule has 25 heavy (non-hydrogen) atoms. The number of hydrogen-bond acceptors (Lipinski definition) is 5. The Morgan fingerprint density at radius 1 is 1.00 bits per heavy atom. The fourth-order valence-corrected chi connectivity index (χ4v) is 2.79. The van der Waals surface area contributed by atoms with E-state index in [0.29, 0.717) is 33.8 Å². The topological polar surface area (TPSA) is 85.3 Å². The van der Waals surface area contributed by atoms with Crippen LogP contribution in [0.3, 0.4) is 0 Å². The predicted octanol–water partition coefficient (Wildman–Crippen LogP) is 3.80. The van der Waals surface area contributed by atoms with Crippen LogP contribution in [0, 0.1) is 13.8 Å². The van der Waals surface area contributed by atoms with Crippen molar-refractivity contribution in [1.82, 2.24) is 4.98 Å². The van der Waals surface area contributed by atoms with E-state index in [2.05, 4.69) is 10.3 Å². The molecular weight excluding hydrogens is 320 g/mol. The van der Waals surface area contributed by atoms with Crippen molar-refractivity contribution in [2.75, 3.05) is 5.32 Å². The lowest BCUT2D eigenvalue weighted by Gasteiger charge is -2.07. The summed E-state index contributed by atoms with van der Waals surface area (Å²) in [6.45, 7) is 3.59. The molecule has 2 aromatic heterocycles. The molecule has 4 aromatic rings. The zero-order chi connectivity index (χ0) is 17.6. The molecule has 2 aromatic carbocycles. The van der Waals surface area contributed by atoms with Crippen LogP contribution in [0.25, 0.3) is 22.1 Å². The Morgan fingerprint density at radius 3 is 2.68 bits per heavy atom. The highest BCUT2D eigenvalue weighted by Gasteiger charge is 2.11. The average Bonchev–Trinajstić information content (AvgIpc) is 2.93. The fraction of sp³-hybridized carbons (Fsp3) is 0.105. The molecule has 0 unspecified atom stereocenters. The SMILES string of the molecule is Cc1nc2ccc(C(=O)Nc3ccc4c(C)cc(=O)oc4c3)cc2o1. The molecule has 6 nitrogen and oxygen atoms in total. The van der Waals surface area contributed by atoms with Crippen LogP contribution in [-0.4, -0.2) is 10.9 Å². The van der Waals surface area contributed by atoms with E-state index < -0.39 is 5.63 Å². The second-order valence-corrected chi connectivity index (χ2v) is 5.83. The number of amides is 1. The third-order valence-corrected chi connectivity index (χ3v) is 3.97. The standard InChI is InChI=1S/C19H14N2O4/c1-10-7-18(22)25-16-9-13(4-5-14(10)16)21-19(23)12-3-6-15-17(8-12)24-11(2)20-15/h3-9H,1-2H3,(H,21,23). The van der Waals surface area contributed by atoms with Crippen LogP contribution in [-0.2, 0) is 0 Å². The van der Waals surface area contributed by atoms with Gasteiger partial charge in [-0.1, -0.05) is 0 Å². The smallest absolute Gasteiger partial charge is 0.336 e. The van der Waals surface area contributed by atoms with Crippen LogP contribution >= 0.6 is 0 Å². The van der Waals surface area contributed by atoms with Gasteiger partial charge >= 0.3 is 5.63 Å². The molecule has 1 N–H and O–H groups in total. The summed E-state index contributed by atoms with van der Waals surface area (Å²) in [7, 11) is 0. The van der Waals surface area contributed by atoms with Crippen LogP contribution in [0.1, 0.15) is 21.8 Å². The van der Waals surface area contributed by atoms with Crippen LogP contribution in [0.15, 0.2) is 56.1 Å². The number of nitrogens with zero attached hydrogens (tertiary/aromatic N) is 1. The van der Waals surface area contributed by atoms with E-state index in [1.807, 2.05) is 13.0 Å². The van der Waals surface area contributed by atoms with Gasteiger partial charge in [0.05, 0.1) is 0 Å². The lowest BCUT2D eigenvalue weighted by Crippen LogP contribution is -2.11. The summed E-state index contributed by atoms with van der Waals surface area (Å²) >= 11 is 0. The van der Waals surface area contributed by atoms with E-state index in [0.717, 1.165) is 10.9 Å². The number of oxazole rings is 1. The largest absolute Gasteiger partial charge is 0.441 e. The molecule has 0 aliphatic carbocycles. The third-order valence-electron chi connectivity index (χ3n) is 3.97. The first kappa shape index (κ1) is 15.1. The van der Waals surface area contributed by atoms with E-state index in [-0.39, 0.29) is 5.91 Å². The first-order valence-corrected chi connectivity index (χ1v) is 7.73. The van der Waals surface area contributed by atoms with Crippen molar-refractivity contribution in [1.29, 1.82) is 0 Å². The number of hydrogen-bond donors (Lipinski definition) is 1. The van der Waals surface area contributed by atoms with E-state index in [4.69, 9.17) is 8.83 Å². The number of anilines is 1. The van der Waals surface area contributed by atoms with Gasteiger partial charge in [-0.05, 0) is 42.8 Å². The molecule has 0 spiro atoms. The molecule has 0 atom stereocenters. The van der Waals surface area contributed by atoms with E-state index in [1.54, 1.807) is 37.3 Å². The summed E-state index contributed by atoms with van der Waals surface area (Å²) in [5, 5.41) is 3.63. The highest BCUT2D eigenvalue weighted by molar-refractivity contribution is 6.06. The van der Waals surface area contributed by atoms with Crippen molar-refractivity contribution in [3.05, 3.63) is 69.9 Å². The molecule has 2 heterocycles. The second-order valence-electron chi connectivity index (χ2n) is 5.83. The number of benzene rings is 2. The van der Waals surface area contributed by atoms with Crippen LogP contribution in [0.2, 0.25) is 0 Å². The Balaban J connectivity index is 1.67. The number of nitrogens with one attached hydrogen (secondary N) is 1. The summed E-state index contributed by atoms with van der Waals surface area (Å²) in [4.78, 5) is 28.2. The molecular formula is C19H14N2O4. The number of aryl methyl sites for hydroxylation is 2. The number of carbonyl (C=O) groups excluding carboxylic acids is 1. The minimum atomic E-state index is -0.417. The highest BCUT2D eigenvalue weighted by atomic mass is 16.4. The van der Waals surface area contributed by atoms with Gasteiger partial charge in [0.15, 0.2) is 11.5 Å². The summed E-state index contributed by atoms with van der Waals surface area (Å²) in [6, 6.07) is 11.7. The molecule has 1 amide bonds. The van der Waals surface area contributed by atoms with Gasteiger partial charge in [-0.25, -0.2) is 9.78 Å². The maximum absolute atomic E-state index is 12.5. The molecule has 4 rings (SSSR count). The first-order chi connectivity index (χ1) is 12.0. The molecule has 0 aliphatic heterocycles. The predicted molar refractivity (Wildman–Crippen MR) is 93.9 cm³/mol. The van der Waals surface area contributed by atoms with Crippen molar-refractivity contribution < 1.29 is 13.6 Å². The zero-order valence-corrected chi connectivity index (χ0v) is 13.6. The lowest BCUT2D eigenvalue weighted by atomic mass is 10.1. The Bertz CT molecular complexity index is 1190. The number of aromatic nitrogens is 1. The maximum Gasteiger partial charge on any atom is 0.336 e. The Hall–Kier alpha value is -3.41. The number of carbonyl (C=O) groups is 1. The van der Waals surface area contributed by atoms with Gasteiger partial charge in [0, 0.05) is 35.7 Å². The van der Waals surface area contributed by atoms with Crippen LogP contribution in [0.5, 0.6) is 0 Å². The van der Waals surface area contributed by atoms with E-state index in [9.17, 15) is 9.59 Å². The second kappa shape index (κ2) is 5.59. The van der Waals surface area contributed by atoms with Gasteiger partial charge in [-0.2, -0.15) is 0 Å². The fourth-order valence-electron chi connectivity index (χ4n) is 2.79. The third kappa shape index (κ3) is 2.78. The molecule has 6 heteroatoms. The minimum absolute atomic E-state index is 0.287. The van der Waals surface area contributed by atoms with Crippen molar-refractivity contribution in [2.45, 2.75) is 13.8 Å². The molecule has 0 radical (unpaired) electrons. The Kier molecular flexibility index (Phi) is 3.39. The van der Waals surface area contributed by atoms with Crippen molar-refractivity contribution >= 4 is 33.7 Å². The monoisotopic (exact) mass is 334 g/mol. The molecule has 0 bridgehead atoms. The van der Waals surface area contributed by atoms with Gasteiger partial charge in [0.1, 0.15) is 11.1 Å². The summed E-state index contributed by atoms with van der Waals surface area (Å²) in [5.74, 6) is 0.262. The molecule has 0 fully saturated rings. The number of fused-ring (bicyclic) bond motifs is 2. The molecule has 0 saturated heterocycles. The van der Waals surface area contributed by atoms with Crippen molar-refractivity contribution in [3.8, 4) is 0 Å². The number of rotatable bonds is 2. The van der Waals surface area contributed by atoms with Crippen LogP contribution in [0.4, 0.5) is 5.69 Å². The van der Waals surface area contributed by atoms with Crippen LogP contribution < -0.4 is 10.9 Å². The minimum Gasteiger partial charge on any atom is -0.441 e. The quantitative estimate of drug-likeness (QED) is 0.564. The molecule has 0 saturated carbocycles. The molecule has 0 aliphatic rings. The van der Waals surface area contributed by atoms with Crippen molar-refractivity contribution in [3.63, 3.8) is 0 Å². The Labute approximate surface area is 142 Å². The average molecular weight is 334 g/mol. The van der Waals surface area contributed by atoms with Gasteiger partial charge in [0.2, 0.25) is 0 Å².